The molecule has 6 nitrogen and oxygen atoms in total. The van der Waals surface area contributed by atoms with Crippen LogP contribution in [0, 0.1) is 6.92 Å². The fraction of sp³-hybridized carbons (Fsp3) is 0.556. The number of hydrogen-bond donors (Lipinski definition) is 1. The van der Waals surface area contributed by atoms with E-state index >= 15 is 0 Å². The third-order valence-electron chi connectivity index (χ3n) is 4.22. The topological polar surface area (TPSA) is 56.9 Å². The largest absolute Gasteiger partial charge is 0.468 e. The molecule has 2 aromatic rings. The van der Waals surface area contributed by atoms with Crippen LogP contribution in [0.1, 0.15) is 36.4 Å². The second kappa shape index (κ2) is 11.6. The third kappa shape index (κ3) is 6.24. The van der Waals surface area contributed by atoms with Gasteiger partial charge in [0.15, 0.2) is 5.96 Å². The molecule has 0 saturated carbocycles. The minimum Gasteiger partial charge on any atom is -0.468 e. The van der Waals surface area contributed by atoms with Gasteiger partial charge in [-0.25, -0.2) is 4.98 Å². The maximum absolute atomic E-state index is 5.66. The number of halogens is 1. The lowest BCUT2D eigenvalue weighted by Crippen LogP contribution is -2.43. The Morgan fingerprint density at radius 3 is 2.62 bits per heavy atom. The van der Waals surface area contributed by atoms with Crippen molar-refractivity contribution in [2.24, 2.45) is 4.99 Å². The van der Waals surface area contributed by atoms with Gasteiger partial charge in [0.05, 0.1) is 29.6 Å². The summed E-state index contributed by atoms with van der Waals surface area (Å²) >= 11 is 1.67. The number of aromatic nitrogens is 1. The van der Waals surface area contributed by atoms with Crippen LogP contribution in [0.5, 0.6) is 0 Å². The maximum Gasteiger partial charge on any atom is 0.193 e. The van der Waals surface area contributed by atoms with Gasteiger partial charge in [-0.3, -0.25) is 9.89 Å². The van der Waals surface area contributed by atoms with Crippen molar-refractivity contribution in [3.63, 3.8) is 0 Å². The average Bonchev–Trinajstić information content (AvgIpc) is 3.26. The van der Waals surface area contributed by atoms with E-state index in [1.165, 1.54) is 0 Å². The minimum absolute atomic E-state index is 0. The normalized spacial score (nSPS) is 12.8. The van der Waals surface area contributed by atoms with Gasteiger partial charge in [-0.15, -0.1) is 35.3 Å². The van der Waals surface area contributed by atoms with Crippen molar-refractivity contribution in [3.05, 3.63) is 40.2 Å². The van der Waals surface area contributed by atoms with Crippen LogP contribution in [-0.2, 0) is 6.54 Å². The third-order valence-corrected chi connectivity index (χ3v) is 5.04. The molecule has 0 fully saturated rings. The summed E-state index contributed by atoms with van der Waals surface area (Å²) in [5, 5.41) is 6.67. The van der Waals surface area contributed by atoms with Gasteiger partial charge in [0.2, 0.25) is 0 Å². The number of aryl methyl sites for hydroxylation is 1. The number of nitrogens with one attached hydrogen (secondary N) is 1. The molecule has 1 unspecified atom stereocenters. The molecule has 8 heteroatoms. The number of furan rings is 1. The van der Waals surface area contributed by atoms with Gasteiger partial charge in [0.1, 0.15) is 5.76 Å². The van der Waals surface area contributed by atoms with Gasteiger partial charge in [0, 0.05) is 26.0 Å². The van der Waals surface area contributed by atoms with E-state index in [1.54, 1.807) is 17.6 Å². The van der Waals surface area contributed by atoms with Crippen LogP contribution in [0.4, 0.5) is 0 Å². The molecule has 0 aliphatic rings. The molecule has 2 aromatic heterocycles. The van der Waals surface area contributed by atoms with Crippen molar-refractivity contribution in [2.75, 3.05) is 33.7 Å². The number of rotatable bonds is 8. The number of thiazole rings is 1. The summed E-state index contributed by atoms with van der Waals surface area (Å²) in [6, 6.07) is 4.16. The monoisotopic (exact) mass is 491 g/mol. The highest BCUT2D eigenvalue weighted by Gasteiger charge is 2.21. The van der Waals surface area contributed by atoms with Crippen molar-refractivity contribution >= 4 is 41.3 Å². The van der Waals surface area contributed by atoms with E-state index in [9.17, 15) is 0 Å². The fourth-order valence-corrected chi connectivity index (χ4v) is 3.53. The zero-order valence-corrected chi connectivity index (χ0v) is 19.4. The summed E-state index contributed by atoms with van der Waals surface area (Å²) in [7, 11) is 3.84. The van der Waals surface area contributed by atoms with Crippen molar-refractivity contribution in [1.29, 1.82) is 0 Å². The lowest BCUT2D eigenvalue weighted by Gasteiger charge is -2.30. The first-order chi connectivity index (χ1) is 12.1. The van der Waals surface area contributed by atoms with E-state index in [1.807, 2.05) is 33.2 Å². The van der Waals surface area contributed by atoms with Crippen LogP contribution in [0.15, 0.2) is 33.2 Å². The van der Waals surface area contributed by atoms with Gasteiger partial charge in [0.25, 0.3) is 0 Å². The molecular weight excluding hydrogens is 461 g/mol. The molecule has 0 aliphatic heterocycles. The van der Waals surface area contributed by atoms with E-state index in [0.29, 0.717) is 0 Å². The first-order valence-corrected chi connectivity index (χ1v) is 9.57. The molecule has 0 spiro atoms. The molecule has 0 aromatic carbocycles. The van der Waals surface area contributed by atoms with Crippen LogP contribution >= 0.6 is 35.3 Å². The predicted molar refractivity (Wildman–Crippen MR) is 119 cm³/mol. The van der Waals surface area contributed by atoms with Gasteiger partial charge in [-0.05, 0) is 32.1 Å². The maximum atomic E-state index is 5.66. The van der Waals surface area contributed by atoms with E-state index in [0.717, 1.165) is 48.6 Å². The number of guanidine groups is 1. The van der Waals surface area contributed by atoms with Crippen LogP contribution in [-0.4, -0.2) is 54.5 Å². The number of likely N-dealkylation sites (N-methyl/N-ethyl adjacent to an activating group) is 1. The van der Waals surface area contributed by atoms with E-state index in [-0.39, 0.29) is 30.0 Å². The lowest BCUT2D eigenvalue weighted by molar-refractivity contribution is 0.192. The summed E-state index contributed by atoms with van der Waals surface area (Å²) in [4.78, 5) is 13.4. The molecule has 0 aliphatic carbocycles. The minimum atomic E-state index is 0. The lowest BCUT2D eigenvalue weighted by atomic mass is 10.2. The Morgan fingerprint density at radius 1 is 1.38 bits per heavy atom. The highest BCUT2D eigenvalue weighted by atomic mass is 127. The summed E-state index contributed by atoms with van der Waals surface area (Å²) in [6.45, 7) is 9.78. The Balaban J connectivity index is 0.00000338. The fourth-order valence-electron chi connectivity index (χ4n) is 2.93. The molecule has 0 radical (unpaired) electrons. The molecule has 2 heterocycles. The van der Waals surface area contributed by atoms with Gasteiger partial charge in [-0.2, -0.15) is 0 Å². The Morgan fingerprint density at radius 2 is 2.12 bits per heavy atom. The summed E-state index contributed by atoms with van der Waals surface area (Å²) < 4.78 is 5.66. The smallest absolute Gasteiger partial charge is 0.193 e. The number of aliphatic imine (C=N–C) groups is 1. The second-order valence-electron chi connectivity index (χ2n) is 5.89. The summed E-state index contributed by atoms with van der Waals surface area (Å²) in [6.07, 6.45) is 1.73. The van der Waals surface area contributed by atoms with Crippen molar-refractivity contribution in [1.82, 2.24) is 20.1 Å². The van der Waals surface area contributed by atoms with E-state index in [4.69, 9.17) is 4.42 Å². The van der Waals surface area contributed by atoms with Crippen LogP contribution in [0.3, 0.4) is 0 Å². The second-order valence-corrected chi connectivity index (χ2v) is 6.96. The van der Waals surface area contributed by atoms with Crippen LogP contribution in [0.2, 0.25) is 0 Å². The van der Waals surface area contributed by atoms with E-state index in [2.05, 4.69) is 44.3 Å². The molecule has 146 valence electrons. The quantitative estimate of drug-likeness (QED) is 0.346. The van der Waals surface area contributed by atoms with Crippen molar-refractivity contribution in [3.8, 4) is 0 Å². The Bertz CT molecular complexity index is 654. The Labute approximate surface area is 177 Å². The molecule has 0 amide bonds. The predicted octanol–water partition coefficient (Wildman–Crippen LogP) is 3.75. The number of nitrogens with zero attached hydrogens (tertiary/aromatic N) is 4. The van der Waals surface area contributed by atoms with Gasteiger partial charge < -0.3 is 14.6 Å². The Hall–Kier alpha value is -1.13. The highest BCUT2D eigenvalue weighted by molar-refractivity contribution is 14.0. The molecular formula is C18H30IN5OS. The van der Waals surface area contributed by atoms with Crippen LogP contribution < -0.4 is 5.32 Å². The summed E-state index contributed by atoms with van der Waals surface area (Å²) in [5.74, 6) is 1.83. The molecule has 0 bridgehead atoms. The molecule has 2 rings (SSSR count). The summed E-state index contributed by atoms with van der Waals surface area (Å²) in [5.41, 5.74) is 1.07. The average molecular weight is 491 g/mol. The van der Waals surface area contributed by atoms with Crippen molar-refractivity contribution in [2.45, 2.75) is 33.4 Å². The standard InChI is InChI=1S/C18H29N5OS.HI/c1-6-23(7-2)16(17-9-8-10-24-17)11-20-18(19-4)22(5)12-15-13-25-14(3)21-15;/h8-10,13,16H,6-7,11-12H2,1-5H3,(H,19,20);1H. The van der Waals surface area contributed by atoms with E-state index < -0.39 is 0 Å². The Kier molecular flexibility index (Phi) is 10.2. The molecule has 0 saturated heterocycles. The van der Waals surface area contributed by atoms with Crippen molar-refractivity contribution < 1.29 is 4.42 Å². The number of hydrogen-bond acceptors (Lipinski definition) is 5. The zero-order chi connectivity index (χ0) is 18.2. The zero-order valence-electron chi connectivity index (χ0n) is 16.2. The molecule has 26 heavy (non-hydrogen) atoms. The first-order valence-electron chi connectivity index (χ1n) is 8.69. The molecule has 1 atom stereocenters. The molecule has 1 N–H and O–H groups in total. The first kappa shape index (κ1) is 22.9. The van der Waals surface area contributed by atoms with Crippen LogP contribution in [0.25, 0.3) is 0 Å². The van der Waals surface area contributed by atoms with Gasteiger partial charge in [-0.1, -0.05) is 13.8 Å². The SMILES string of the molecule is CCN(CC)C(CNC(=NC)N(C)Cc1csc(C)n1)c1ccco1.I. The highest BCUT2D eigenvalue weighted by Crippen LogP contribution is 2.20. The van der Waals surface area contributed by atoms with Gasteiger partial charge >= 0.3 is 0 Å².